The zero-order valence-electron chi connectivity index (χ0n) is 12.9. The summed E-state index contributed by atoms with van der Waals surface area (Å²) in [5.74, 6) is 2.43. The molecule has 0 unspecified atom stereocenters. The number of aromatic nitrogens is 1. The molecule has 1 aromatic carbocycles. The monoisotopic (exact) mass is 361 g/mol. The van der Waals surface area contributed by atoms with Gasteiger partial charge >= 0.3 is 0 Å². The second-order valence-corrected chi connectivity index (χ2v) is 6.84. The highest BCUT2D eigenvalue weighted by molar-refractivity contribution is 9.10. The number of pyridine rings is 1. The molecule has 2 aromatic rings. The average molecular weight is 362 g/mol. The third-order valence-electron chi connectivity index (χ3n) is 3.79. The number of nitrogens with zero attached hydrogens (tertiary/aromatic N) is 1. The number of hydrogen-bond donors (Lipinski definition) is 0. The first-order valence-corrected chi connectivity index (χ1v) is 8.47. The normalized spacial score (nSPS) is 12.5. The van der Waals surface area contributed by atoms with Gasteiger partial charge in [-0.2, -0.15) is 0 Å². The Bertz CT molecular complexity index is 670. The number of halogens is 1. The molecule has 0 saturated heterocycles. The third-order valence-corrected chi connectivity index (χ3v) is 4.41. The van der Waals surface area contributed by atoms with Gasteiger partial charge in [0.25, 0.3) is 0 Å². The van der Waals surface area contributed by atoms with Crippen molar-refractivity contribution in [2.45, 2.75) is 33.3 Å². The van der Waals surface area contributed by atoms with Crippen LogP contribution in [-0.4, -0.2) is 11.6 Å². The zero-order valence-corrected chi connectivity index (χ0v) is 14.5. The smallest absolute Gasteiger partial charge is 0.137 e. The Hall–Kier alpha value is -1.55. The number of ether oxygens (including phenoxy) is 2. The Morgan fingerprint density at radius 3 is 3.00 bits per heavy atom. The maximum Gasteiger partial charge on any atom is 0.137 e. The SMILES string of the molecule is CC(C)CCCOc1cc2c(cc1Br)-c1ccncc1CO2. The van der Waals surface area contributed by atoms with Gasteiger partial charge in [0.2, 0.25) is 0 Å². The first-order chi connectivity index (χ1) is 10.6. The van der Waals surface area contributed by atoms with Gasteiger partial charge < -0.3 is 9.47 Å². The fraction of sp³-hybridized carbons (Fsp3) is 0.389. The van der Waals surface area contributed by atoms with Crippen molar-refractivity contribution in [2.75, 3.05) is 6.61 Å². The van der Waals surface area contributed by atoms with E-state index in [2.05, 4.69) is 40.8 Å². The van der Waals surface area contributed by atoms with Gasteiger partial charge in [0.1, 0.15) is 18.1 Å². The largest absolute Gasteiger partial charge is 0.492 e. The summed E-state index contributed by atoms with van der Waals surface area (Å²) in [5.41, 5.74) is 3.39. The molecule has 0 radical (unpaired) electrons. The molecular weight excluding hydrogens is 342 g/mol. The second-order valence-electron chi connectivity index (χ2n) is 5.98. The van der Waals surface area contributed by atoms with Crippen LogP contribution in [0.4, 0.5) is 0 Å². The minimum absolute atomic E-state index is 0.560. The summed E-state index contributed by atoms with van der Waals surface area (Å²) in [7, 11) is 0. The Kier molecular flexibility index (Phi) is 4.67. The van der Waals surface area contributed by atoms with E-state index in [9.17, 15) is 0 Å². The molecule has 3 nitrogen and oxygen atoms in total. The molecular formula is C18H20BrNO2. The van der Waals surface area contributed by atoms with Gasteiger partial charge in [-0.05, 0) is 52.4 Å². The summed E-state index contributed by atoms with van der Waals surface area (Å²) in [4.78, 5) is 4.16. The maximum absolute atomic E-state index is 5.90. The molecule has 0 fully saturated rings. The Morgan fingerprint density at radius 1 is 1.32 bits per heavy atom. The maximum atomic E-state index is 5.90. The van der Waals surface area contributed by atoms with Gasteiger partial charge in [-0.3, -0.25) is 4.98 Å². The molecule has 2 heterocycles. The standard InChI is InChI=1S/C18H20BrNO2/c1-12(2)4-3-7-21-18-9-17-15(8-16(18)19)14-5-6-20-10-13(14)11-22-17/h5-6,8-10,12H,3-4,7,11H2,1-2H3. The Morgan fingerprint density at radius 2 is 2.18 bits per heavy atom. The van der Waals surface area contributed by atoms with E-state index in [-0.39, 0.29) is 0 Å². The van der Waals surface area contributed by atoms with Crippen molar-refractivity contribution < 1.29 is 9.47 Å². The molecule has 22 heavy (non-hydrogen) atoms. The van der Waals surface area contributed by atoms with Crippen molar-refractivity contribution in [1.29, 1.82) is 0 Å². The van der Waals surface area contributed by atoms with Crippen LogP contribution in [0.25, 0.3) is 11.1 Å². The second kappa shape index (κ2) is 6.69. The molecule has 1 aliphatic heterocycles. The lowest BCUT2D eigenvalue weighted by molar-refractivity contribution is 0.283. The average Bonchev–Trinajstić information content (AvgIpc) is 2.51. The molecule has 0 amide bonds. The Balaban J connectivity index is 1.80. The van der Waals surface area contributed by atoms with Gasteiger partial charge in [-0.15, -0.1) is 0 Å². The van der Waals surface area contributed by atoms with Gasteiger partial charge in [0.15, 0.2) is 0 Å². The van der Waals surface area contributed by atoms with E-state index in [1.54, 1.807) is 0 Å². The van der Waals surface area contributed by atoms with Crippen LogP contribution in [0.5, 0.6) is 11.5 Å². The van der Waals surface area contributed by atoms with Crippen molar-refractivity contribution in [3.05, 3.63) is 40.6 Å². The van der Waals surface area contributed by atoms with E-state index in [0.717, 1.165) is 40.1 Å². The molecule has 0 aliphatic carbocycles. The van der Waals surface area contributed by atoms with Crippen LogP contribution in [-0.2, 0) is 6.61 Å². The highest BCUT2D eigenvalue weighted by Crippen LogP contribution is 2.42. The molecule has 0 saturated carbocycles. The van der Waals surface area contributed by atoms with E-state index < -0.39 is 0 Å². The molecule has 0 bridgehead atoms. The van der Waals surface area contributed by atoms with Crippen LogP contribution >= 0.6 is 15.9 Å². The van der Waals surface area contributed by atoms with Gasteiger partial charge in [-0.25, -0.2) is 0 Å². The molecule has 1 aliphatic rings. The predicted molar refractivity (Wildman–Crippen MR) is 91.3 cm³/mol. The fourth-order valence-electron chi connectivity index (χ4n) is 2.61. The van der Waals surface area contributed by atoms with Crippen molar-refractivity contribution in [1.82, 2.24) is 4.98 Å². The first kappa shape index (κ1) is 15.3. The number of hydrogen-bond acceptors (Lipinski definition) is 3. The predicted octanol–water partition coefficient (Wildman–Crippen LogP) is 5.22. The van der Waals surface area contributed by atoms with Gasteiger partial charge in [-0.1, -0.05) is 13.8 Å². The van der Waals surface area contributed by atoms with Crippen LogP contribution < -0.4 is 9.47 Å². The van der Waals surface area contributed by atoms with Crippen molar-refractivity contribution in [2.24, 2.45) is 5.92 Å². The van der Waals surface area contributed by atoms with Crippen LogP contribution in [0.15, 0.2) is 35.1 Å². The summed E-state index contributed by atoms with van der Waals surface area (Å²) < 4.78 is 12.7. The van der Waals surface area contributed by atoms with Crippen molar-refractivity contribution in [3.63, 3.8) is 0 Å². The van der Waals surface area contributed by atoms with Crippen molar-refractivity contribution >= 4 is 15.9 Å². The third kappa shape index (κ3) is 3.27. The molecule has 1 aromatic heterocycles. The van der Waals surface area contributed by atoms with Crippen LogP contribution in [0.1, 0.15) is 32.3 Å². The Labute approximate surface area is 139 Å². The van der Waals surface area contributed by atoms with Gasteiger partial charge in [0, 0.05) is 29.6 Å². The minimum atomic E-state index is 0.560. The summed E-state index contributed by atoms with van der Waals surface area (Å²) in [6.07, 6.45) is 5.93. The van der Waals surface area contributed by atoms with Crippen LogP contribution in [0.3, 0.4) is 0 Å². The van der Waals surface area contributed by atoms with Crippen molar-refractivity contribution in [3.8, 4) is 22.6 Å². The molecule has 0 atom stereocenters. The van der Waals surface area contributed by atoms with E-state index >= 15 is 0 Å². The molecule has 116 valence electrons. The fourth-order valence-corrected chi connectivity index (χ4v) is 3.07. The summed E-state index contributed by atoms with van der Waals surface area (Å²) >= 11 is 3.61. The molecule has 3 rings (SSSR count). The first-order valence-electron chi connectivity index (χ1n) is 7.67. The van der Waals surface area contributed by atoms with E-state index in [1.165, 1.54) is 12.0 Å². The van der Waals surface area contributed by atoms with E-state index in [1.807, 2.05) is 24.5 Å². The number of rotatable bonds is 5. The van der Waals surface area contributed by atoms with Crippen LogP contribution in [0.2, 0.25) is 0 Å². The summed E-state index contributed by atoms with van der Waals surface area (Å²) in [6, 6.07) is 6.09. The number of fused-ring (bicyclic) bond motifs is 3. The van der Waals surface area contributed by atoms with E-state index in [4.69, 9.17) is 9.47 Å². The van der Waals surface area contributed by atoms with Crippen LogP contribution in [0, 0.1) is 5.92 Å². The summed E-state index contributed by atoms with van der Waals surface area (Å²) in [5, 5.41) is 0. The molecule has 0 N–H and O–H groups in total. The summed E-state index contributed by atoms with van der Waals surface area (Å²) in [6.45, 7) is 5.75. The topological polar surface area (TPSA) is 31.4 Å². The lowest BCUT2D eigenvalue weighted by Crippen LogP contribution is -2.07. The molecule has 4 heteroatoms. The minimum Gasteiger partial charge on any atom is -0.492 e. The zero-order chi connectivity index (χ0) is 15.5. The highest BCUT2D eigenvalue weighted by atomic mass is 79.9. The van der Waals surface area contributed by atoms with E-state index in [0.29, 0.717) is 12.5 Å². The quantitative estimate of drug-likeness (QED) is 0.684. The lowest BCUT2D eigenvalue weighted by atomic mass is 9.99. The lowest BCUT2D eigenvalue weighted by Gasteiger charge is -2.22. The highest BCUT2D eigenvalue weighted by Gasteiger charge is 2.19. The number of benzene rings is 1. The molecule has 0 spiro atoms. The van der Waals surface area contributed by atoms with Gasteiger partial charge in [0.05, 0.1) is 11.1 Å².